The van der Waals surface area contributed by atoms with Crippen LogP contribution < -0.4 is 4.72 Å². The van der Waals surface area contributed by atoms with Crippen LogP contribution in [0.25, 0.3) is 0 Å². The highest BCUT2D eigenvalue weighted by atomic mass is 32.2. The summed E-state index contributed by atoms with van der Waals surface area (Å²) in [7, 11) is -3.54. The van der Waals surface area contributed by atoms with E-state index in [1.165, 1.54) is 0 Å². The highest BCUT2D eigenvalue weighted by molar-refractivity contribution is 7.92. The maximum atomic E-state index is 12.4. The third-order valence-electron chi connectivity index (χ3n) is 3.16. The minimum absolute atomic E-state index is 0.256. The smallest absolute Gasteiger partial charge is 0.261 e. The van der Waals surface area contributed by atoms with E-state index < -0.39 is 10.0 Å². The van der Waals surface area contributed by atoms with Gasteiger partial charge in [0.25, 0.3) is 10.0 Å². The molecule has 0 radical (unpaired) electrons. The molecule has 106 valence electrons. The van der Waals surface area contributed by atoms with E-state index in [4.69, 9.17) is 0 Å². The largest absolute Gasteiger partial charge is 0.279 e. The second kappa shape index (κ2) is 5.67. The predicted octanol–water partition coefficient (Wildman–Crippen LogP) is 3.92. The molecule has 0 spiro atoms. The molecule has 3 nitrogen and oxygen atoms in total. The Labute approximate surface area is 120 Å². The van der Waals surface area contributed by atoms with Crippen molar-refractivity contribution in [1.82, 2.24) is 0 Å². The van der Waals surface area contributed by atoms with Crippen molar-refractivity contribution < 1.29 is 8.42 Å². The molecule has 0 heterocycles. The van der Waals surface area contributed by atoms with E-state index in [2.05, 4.69) is 4.72 Å². The van der Waals surface area contributed by atoms with Crippen LogP contribution in [0.5, 0.6) is 0 Å². The minimum atomic E-state index is -3.54. The second-order valence-electron chi connectivity index (χ2n) is 5.16. The molecule has 0 aliphatic carbocycles. The number of para-hydroxylation sites is 1. The first-order chi connectivity index (χ1) is 9.40. The van der Waals surface area contributed by atoms with E-state index in [0.29, 0.717) is 5.69 Å². The number of hydrogen-bond acceptors (Lipinski definition) is 2. The molecule has 0 unspecified atom stereocenters. The monoisotopic (exact) mass is 289 g/mol. The van der Waals surface area contributed by atoms with Gasteiger partial charge in [0, 0.05) is 0 Å². The number of benzene rings is 2. The van der Waals surface area contributed by atoms with Crippen LogP contribution in [0.3, 0.4) is 0 Å². The van der Waals surface area contributed by atoms with Crippen LogP contribution in [0, 0.1) is 6.92 Å². The van der Waals surface area contributed by atoms with Gasteiger partial charge in [-0.15, -0.1) is 0 Å². The van der Waals surface area contributed by atoms with Crippen LogP contribution in [-0.2, 0) is 10.0 Å². The normalized spacial score (nSPS) is 11.6. The highest BCUT2D eigenvalue weighted by Gasteiger charge is 2.16. The molecule has 0 aromatic heterocycles. The van der Waals surface area contributed by atoms with Crippen LogP contribution in [-0.4, -0.2) is 8.42 Å². The zero-order valence-electron chi connectivity index (χ0n) is 11.9. The van der Waals surface area contributed by atoms with Crippen molar-refractivity contribution in [2.24, 2.45) is 0 Å². The maximum absolute atomic E-state index is 12.4. The Kier molecular flexibility index (Phi) is 4.14. The summed E-state index contributed by atoms with van der Waals surface area (Å²) in [6.45, 7) is 6.01. The summed E-state index contributed by atoms with van der Waals surface area (Å²) in [6.07, 6.45) is 0. The average molecular weight is 289 g/mol. The van der Waals surface area contributed by atoms with Gasteiger partial charge in [-0.2, -0.15) is 0 Å². The molecule has 0 aliphatic rings. The van der Waals surface area contributed by atoms with Gasteiger partial charge in [-0.3, -0.25) is 4.72 Å². The SMILES string of the molecule is Cc1ccc(S(=O)(=O)Nc2ccccc2C(C)C)cc1. The van der Waals surface area contributed by atoms with Crippen LogP contribution >= 0.6 is 0 Å². The summed E-state index contributed by atoms with van der Waals surface area (Å²) in [4.78, 5) is 0.279. The van der Waals surface area contributed by atoms with Crippen molar-refractivity contribution in [2.45, 2.75) is 31.6 Å². The van der Waals surface area contributed by atoms with Crippen LogP contribution in [0.2, 0.25) is 0 Å². The molecular formula is C16H19NO2S. The lowest BCUT2D eigenvalue weighted by Crippen LogP contribution is -2.14. The van der Waals surface area contributed by atoms with E-state index in [-0.39, 0.29) is 10.8 Å². The zero-order valence-corrected chi connectivity index (χ0v) is 12.7. The second-order valence-corrected chi connectivity index (χ2v) is 6.84. The lowest BCUT2D eigenvalue weighted by Gasteiger charge is -2.14. The molecule has 4 heteroatoms. The van der Waals surface area contributed by atoms with Gasteiger partial charge < -0.3 is 0 Å². The lowest BCUT2D eigenvalue weighted by molar-refractivity contribution is 0.601. The lowest BCUT2D eigenvalue weighted by atomic mass is 10.0. The Morgan fingerprint density at radius 2 is 1.55 bits per heavy atom. The molecule has 2 aromatic rings. The van der Waals surface area contributed by atoms with Crippen molar-refractivity contribution in [3.8, 4) is 0 Å². The molecule has 0 bridgehead atoms. The Bertz CT molecular complexity index is 689. The molecule has 20 heavy (non-hydrogen) atoms. The van der Waals surface area contributed by atoms with Gasteiger partial charge in [-0.25, -0.2) is 8.42 Å². The highest BCUT2D eigenvalue weighted by Crippen LogP contribution is 2.26. The van der Waals surface area contributed by atoms with Crippen molar-refractivity contribution in [1.29, 1.82) is 0 Å². The molecule has 1 N–H and O–H groups in total. The number of anilines is 1. The fourth-order valence-electron chi connectivity index (χ4n) is 2.01. The van der Waals surface area contributed by atoms with Crippen LogP contribution in [0.1, 0.15) is 30.9 Å². The Morgan fingerprint density at radius 3 is 2.15 bits per heavy atom. The van der Waals surface area contributed by atoms with E-state index in [9.17, 15) is 8.42 Å². The number of nitrogens with one attached hydrogen (secondary N) is 1. The third kappa shape index (κ3) is 3.20. The van der Waals surface area contributed by atoms with Gasteiger partial charge >= 0.3 is 0 Å². The minimum Gasteiger partial charge on any atom is -0.279 e. The van der Waals surface area contributed by atoms with Gasteiger partial charge in [0.1, 0.15) is 0 Å². The summed E-state index contributed by atoms with van der Waals surface area (Å²) < 4.78 is 27.4. The molecule has 0 saturated heterocycles. The van der Waals surface area contributed by atoms with Gasteiger partial charge in [0.15, 0.2) is 0 Å². The fraction of sp³-hybridized carbons (Fsp3) is 0.250. The third-order valence-corrected chi connectivity index (χ3v) is 4.54. The van der Waals surface area contributed by atoms with Gasteiger partial charge in [0.05, 0.1) is 10.6 Å². The number of hydrogen-bond donors (Lipinski definition) is 1. The molecule has 0 fully saturated rings. The molecule has 0 aliphatic heterocycles. The Balaban J connectivity index is 2.36. The van der Waals surface area contributed by atoms with E-state index in [1.54, 1.807) is 30.3 Å². The first kappa shape index (κ1) is 14.6. The van der Waals surface area contributed by atoms with Crippen LogP contribution in [0.4, 0.5) is 5.69 Å². The van der Waals surface area contributed by atoms with E-state index in [0.717, 1.165) is 11.1 Å². The summed E-state index contributed by atoms with van der Waals surface area (Å²) >= 11 is 0. The molecule has 0 saturated carbocycles. The van der Waals surface area contributed by atoms with Crippen molar-refractivity contribution in [3.63, 3.8) is 0 Å². The van der Waals surface area contributed by atoms with Gasteiger partial charge in [0.2, 0.25) is 0 Å². The molecule has 2 rings (SSSR count). The quantitative estimate of drug-likeness (QED) is 0.927. The number of aryl methyl sites for hydroxylation is 1. The topological polar surface area (TPSA) is 46.2 Å². The van der Waals surface area contributed by atoms with Gasteiger partial charge in [-0.05, 0) is 36.6 Å². The summed E-state index contributed by atoms with van der Waals surface area (Å²) in [6, 6.07) is 14.3. The Hall–Kier alpha value is -1.81. The van der Waals surface area contributed by atoms with Crippen molar-refractivity contribution in [2.75, 3.05) is 4.72 Å². The first-order valence-corrected chi connectivity index (χ1v) is 8.07. The standard InChI is InChI=1S/C16H19NO2S/c1-12(2)15-6-4-5-7-16(15)17-20(18,19)14-10-8-13(3)9-11-14/h4-12,17H,1-3H3. The average Bonchev–Trinajstić information content (AvgIpc) is 2.39. The predicted molar refractivity (Wildman–Crippen MR) is 82.5 cm³/mol. The van der Waals surface area contributed by atoms with Crippen LogP contribution in [0.15, 0.2) is 53.4 Å². The summed E-state index contributed by atoms with van der Waals surface area (Å²) in [5.41, 5.74) is 2.66. The maximum Gasteiger partial charge on any atom is 0.261 e. The summed E-state index contributed by atoms with van der Waals surface area (Å²) in [5, 5.41) is 0. The zero-order chi connectivity index (χ0) is 14.8. The summed E-state index contributed by atoms with van der Waals surface area (Å²) in [5.74, 6) is 0.256. The van der Waals surface area contributed by atoms with Crippen molar-refractivity contribution in [3.05, 3.63) is 59.7 Å². The van der Waals surface area contributed by atoms with Crippen molar-refractivity contribution >= 4 is 15.7 Å². The first-order valence-electron chi connectivity index (χ1n) is 6.58. The number of sulfonamides is 1. The van der Waals surface area contributed by atoms with Gasteiger partial charge in [-0.1, -0.05) is 49.7 Å². The fourth-order valence-corrected chi connectivity index (χ4v) is 3.10. The number of rotatable bonds is 4. The Morgan fingerprint density at radius 1 is 0.950 bits per heavy atom. The van der Waals surface area contributed by atoms with E-state index >= 15 is 0 Å². The molecule has 2 aromatic carbocycles. The molecule has 0 atom stereocenters. The van der Waals surface area contributed by atoms with E-state index in [1.807, 2.05) is 39.0 Å². The molecular weight excluding hydrogens is 270 g/mol. The molecule has 0 amide bonds.